The summed E-state index contributed by atoms with van der Waals surface area (Å²) in [6.07, 6.45) is 0. The first-order valence-electron chi connectivity index (χ1n) is 4.56. The molecule has 2 rings (SSSR count). The third-order valence-electron chi connectivity index (χ3n) is 2.07. The summed E-state index contributed by atoms with van der Waals surface area (Å²) in [6.45, 7) is 1.91. The lowest BCUT2D eigenvalue weighted by Gasteiger charge is -2.04. The predicted octanol–water partition coefficient (Wildman–Crippen LogP) is 4.36. The molecular formula is C12H9Cl2N. The Morgan fingerprint density at radius 1 is 1.07 bits per heavy atom. The minimum Gasteiger partial charge on any atom is -0.253 e. The zero-order valence-electron chi connectivity index (χ0n) is 8.17. The maximum atomic E-state index is 6.08. The summed E-state index contributed by atoms with van der Waals surface area (Å²) in [5.74, 6) is 0. The molecule has 0 atom stereocenters. The van der Waals surface area contributed by atoms with Gasteiger partial charge in [0.1, 0.15) is 0 Å². The Labute approximate surface area is 98.7 Å². The molecule has 15 heavy (non-hydrogen) atoms. The molecule has 0 saturated heterocycles. The van der Waals surface area contributed by atoms with Crippen LogP contribution in [0.4, 0.5) is 0 Å². The second-order valence-corrected chi connectivity index (χ2v) is 4.14. The number of aromatic nitrogens is 1. The van der Waals surface area contributed by atoms with Crippen LogP contribution in [0.2, 0.25) is 10.0 Å². The maximum absolute atomic E-state index is 6.08. The van der Waals surface area contributed by atoms with Gasteiger partial charge < -0.3 is 0 Å². The van der Waals surface area contributed by atoms with Crippen molar-refractivity contribution in [3.8, 4) is 11.3 Å². The SMILES string of the molecule is Cc1cc(Cl)cc(-c2ccccc2Cl)n1. The number of nitrogens with zero attached hydrogens (tertiary/aromatic N) is 1. The van der Waals surface area contributed by atoms with Crippen molar-refractivity contribution in [3.63, 3.8) is 0 Å². The van der Waals surface area contributed by atoms with Gasteiger partial charge in [-0.3, -0.25) is 4.98 Å². The van der Waals surface area contributed by atoms with Crippen molar-refractivity contribution in [1.29, 1.82) is 0 Å². The molecule has 1 heterocycles. The quantitative estimate of drug-likeness (QED) is 0.719. The van der Waals surface area contributed by atoms with E-state index in [-0.39, 0.29) is 0 Å². The number of pyridine rings is 1. The monoisotopic (exact) mass is 237 g/mol. The smallest absolute Gasteiger partial charge is 0.0734 e. The van der Waals surface area contributed by atoms with E-state index in [2.05, 4.69) is 4.98 Å². The zero-order valence-corrected chi connectivity index (χ0v) is 9.68. The number of aryl methyl sites for hydroxylation is 1. The molecule has 0 N–H and O–H groups in total. The number of benzene rings is 1. The lowest BCUT2D eigenvalue weighted by atomic mass is 10.1. The topological polar surface area (TPSA) is 12.9 Å². The van der Waals surface area contributed by atoms with Gasteiger partial charge in [0.25, 0.3) is 0 Å². The van der Waals surface area contributed by atoms with Crippen molar-refractivity contribution in [2.45, 2.75) is 6.92 Å². The van der Waals surface area contributed by atoms with E-state index in [0.717, 1.165) is 17.0 Å². The Morgan fingerprint density at radius 3 is 2.47 bits per heavy atom. The van der Waals surface area contributed by atoms with E-state index >= 15 is 0 Å². The third-order valence-corrected chi connectivity index (χ3v) is 2.62. The molecule has 0 amide bonds. The van der Waals surface area contributed by atoms with Crippen LogP contribution in [-0.2, 0) is 0 Å². The molecule has 0 spiro atoms. The van der Waals surface area contributed by atoms with Gasteiger partial charge in [-0.25, -0.2) is 0 Å². The largest absolute Gasteiger partial charge is 0.253 e. The molecule has 2 aromatic rings. The highest BCUT2D eigenvalue weighted by Gasteiger charge is 2.05. The van der Waals surface area contributed by atoms with Crippen LogP contribution >= 0.6 is 23.2 Å². The van der Waals surface area contributed by atoms with E-state index in [9.17, 15) is 0 Å². The Balaban J connectivity index is 2.59. The molecule has 0 radical (unpaired) electrons. The first-order chi connectivity index (χ1) is 7.16. The normalized spacial score (nSPS) is 10.3. The van der Waals surface area contributed by atoms with Crippen molar-refractivity contribution in [2.75, 3.05) is 0 Å². The van der Waals surface area contributed by atoms with Crippen LogP contribution in [0, 0.1) is 6.92 Å². The molecule has 0 aliphatic rings. The van der Waals surface area contributed by atoms with Crippen molar-refractivity contribution in [1.82, 2.24) is 4.98 Å². The second-order valence-electron chi connectivity index (χ2n) is 3.29. The highest BCUT2D eigenvalue weighted by Crippen LogP contribution is 2.27. The molecular weight excluding hydrogens is 229 g/mol. The van der Waals surface area contributed by atoms with Crippen LogP contribution in [0.3, 0.4) is 0 Å². The van der Waals surface area contributed by atoms with Crippen molar-refractivity contribution < 1.29 is 0 Å². The lowest BCUT2D eigenvalue weighted by Crippen LogP contribution is -1.87. The summed E-state index contributed by atoms with van der Waals surface area (Å²) < 4.78 is 0. The molecule has 0 aliphatic heterocycles. The summed E-state index contributed by atoms with van der Waals surface area (Å²) in [5.41, 5.74) is 2.60. The molecule has 0 bridgehead atoms. The van der Waals surface area contributed by atoms with Gasteiger partial charge in [-0.15, -0.1) is 0 Å². The van der Waals surface area contributed by atoms with Crippen molar-refractivity contribution >= 4 is 23.2 Å². The van der Waals surface area contributed by atoms with E-state index in [4.69, 9.17) is 23.2 Å². The molecule has 1 aromatic heterocycles. The lowest BCUT2D eigenvalue weighted by molar-refractivity contribution is 1.21. The average Bonchev–Trinajstić information content (AvgIpc) is 2.16. The first kappa shape index (κ1) is 10.5. The minimum atomic E-state index is 0.678. The van der Waals surface area contributed by atoms with Gasteiger partial charge in [0.05, 0.1) is 5.69 Å². The van der Waals surface area contributed by atoms with Gasteiger partial charge in [0, 0.05) is 21.3 Å². The molecule has 0 unspecified atom stereocenters. The maximum Gasteiger partial charge on any atom is 0.0734 e. The number of hydrogen-bond acceptors (Lipinski definition) is 1. The zero-order chi connectivity index (χ0) is 10.8. The third kappa shape index (κ3) is 2.31. The first-order valence-corrected chi connectivity index (χ1v) is 5.31. The van der Waals surface area contributed by atoms with Crippen molar-refractivity contribution in [3.05, 3.63) is 52.1 Å². The van der Waals surface area contributed by atoms with Gasteiger partial charge in [-0.05, 0) is 25.1 Å². The molecule has 0 saturated carbocycles. The average molecular weight is 238 g/mol. The molecule has 76 valence electrons. The second kappa shape index (κ2) is 4.21. The summed E-state index contributed by atoms with van der Waals surface area (Å²) in [6, 6.07) is 11.2. The molecule has 0 fully saturated rings. The van der Waals surface area contributed by atoms with Crippen LogP contribution in [0.15, 0.2) is 36.4 Å². The fourth-order valence-corrected chi connectivity index (χ4v) is 1.93. The summed E-state index contributed by atoms with van der Waals surface area (Å²) in [4.78, 5) is 4.40. The highest BCUT2D eigenvalue weighted by molar-refractivity contribution is 6.33. The standard InChI is InChI=1S/C12H9Cl2N/c1-8-6-9(13)7-12(15-8)10-4-2-3-5-11(10)14/h2-7H,1H3. The fraction of sp³-hybridized carbons (Fsp3) is 0.0833. The Kier molecular flexibility index (Phi) is 2.94. The minimum absolute atomic E-state index is 0.678. The van der Waals surface area contributed by atoms with E-state index in [1.54, 1.807) is 0 Å². The Morgan fingerprint density at radius 2 is 1.80 bits per heavy atom. The van der Waals surface area contributed by atoms with Gasteiger partial charge in [-0.2, -0.15) is 0 Å². The summed E-state index contributed by atoms with van der Waals surface area (Å²) >= 11 is 12.0. The molecule has 3 heteroatoms. The van der Waals surface area contributed by atoms with Crippen LogP contribution in [0.1, 0.15) is 5.69 Å². The highest BCUT2D eigenvalue weighted by atomic mass is 35.5. The van der Waals surface area contributed by atoms with Crippen LogP contribution in [-0.4, -0.2) is 4.98 Å². The summed E-state index contributed by atoms with van der Waals surface area (Å²) in [7, 11) is 0. The van der Waals surface area contributed by atoms with E-state index in [1.807, 2.05) is 43.3 Å². The number of hydrogen-bond donors (Lipinski definition) is 0. The number of halogens is 2. The molecule has 1 nitrogen and oxygen atoms in total. The number of rotatable bonds is 1. The van der Waals surface area contributed by atoms with Gasteiger partial charge >= 0.3 is 0 Å². The molecule has 0 aliphatic carbocycles. The summed E-state index contributed by atoms with van der Waals surface area (Å²) in [5, 5.41) is 1.36. The Hall–Kier alpha value is -1.05. The van der Waals surface area contributed by atoms with Crippen LogP contribution < -0.4 is 0 Å². The van der Waals surface area contributed by atoms with E-state index in [1.165, 1.54) is 0 Å². The van der Waals surface area contributed by atoms with Crippen LogP contribution in [0.5, 0.6) is 0 Å². The van der Waals surface area contributed by atoms with Gasteiger partial charge in [-0.1, -0.05) is 41.4 Å². The van der Waals surface area contributed by atoms with Gasteiger partial charge in [0.15, 0.2) is 0 Å². The van der Waals surface area contributed by atoms with Gasteiger partial charge in [0.2, 0.25) is 0 Å². The van der Waals surface area contributed by atoms with E-state index in [0.29, 0.717) is 10.0 Å². The fourth-order valence-electron chi connectivity index (χ4n) is 1.43. The Bertz CT molecular complexity index is 474. The van der Waals surface area contributed by atoms with E-state index < -0.39 is 0 Å². The predicted molar refractivity (Wildman–Crippen MR) is 64.4 cm³/mol. The van der Waals surface area contributed by atoms with Crippen molar-refractivity contribution in [2.24, 2.45) is 0 Å². The van der Waals surface area contributed by atoms with Crippen LogP contribution in [0.25, 0.3) is 11.3 Å². The molecule has 1 aromatic carbocycles.